The van der Waals surface area contributed by atoms with Crippen molar-refractivity contribution in [3.8, 4) is 0 Å². The van der Waals surface area contributed by atoms with Crippen LogP contribution in [0.15, 0.2) is 30.3 Å². The van der Waals surface area contributed by atoms with Gasteiger partial charge in [0.25, 0.3) is 0 Å². The Morgan fingerprint density at radius 1 is 1.18 bits per heavy atom. The minimum absolute atomic E-state index is 0. The topological polar surface area (TPSA) is 41.6 Å². The van der Waals surface area contributed by atoms with Crippen LogP contribution in [0.3, 0.4) is 0 Å². The smallest absolute Gasteiger partial charge is 0.227 e. The molecule has 2 fully saturated rings. The number of piperidine rings is 1. The van der Waals surface area contributed by atoms with E-state index in [1.54, 1.807) is 0 Å². The van der Waals surface area contributed by atoms with E-state index in [1.165, 1.54) is 5.56 Å². The molecular weight excluding hydrogens is 300 g/mol. The molecule has 122 valence electrons. The number of carbonyl (C=O) groups excluding carboxylic acids is 1. The van der Waals surface area contributed by atoms with Gasteiger partial charge >= 0.3 is 0 Å². The molecule has 0 saturated carbocycles. The van der Waals surface area contributed by atoms with Crippen LogP contribution in [0.4, 0.5) is 0 Å². The highest BCUT2D eigenvalue weighted by Crippen LogP contribution is 2.19. The number of ether oxygens (including phenoxy) is 1. The summed E-state index contributed by atoms with van der Waals surface area (Å²) in [6, 6.07) is 10.3. The molecule has 1 amide bonds. The van der Waals surface area contributed by atoms with Crippen LogP contribution in [0, 0.1) is 5.92 Å². The summed E-state index contributed by atoms with van der Waals surface area (Å²) in [7, 11) is 0. The van der Waals surface area contributed by atoms with Gasteiger partial charge in [-0.05, 0) is 31.4 Å². The van der Waals surface area contributed by atoms with Crippen LogP contribution >= 0.6 is 12.4 Å². The number of halogens is 1. The van der Waals surface area contributed by atoms with Crippen LogP contribution in [0.2, 0.25) is 0 Å². The first kappa shape index (κ1) is 17.3. The van der Waals surface area contributed by atoms with E-state index in [4.69, 9.17) is 4.74 Å². The molecule has 1 unspecified atom stereocenters. The molecule has 0 spiro atoms. The quantitative estimate of drug-likeness (QED) is 0.923. The molecule has 2 saturated heterocycles. The molecule has 2 aliphatic rings. The van der Waals surface area contributed by atoms with Crippen LogP contribution in [-0.2, 0) is 16.1 Å². The Balaban J connectivity index is 0.00000176. The fourth-order valence-corrected chi connectivity index (χ4v) is 3.15. The summed E-state index contributed by atoms with van der Waals surface area (Å²) in [6.07, 6.45) is 3.19. The predicted molar refractivity (Wildman–Crippen MR) is 89.1 cm³/mol. The lowest BCUT2D eigenvalue weighted by atomic mass is 10.0. The molecule has 4 nitrogen and oxygen atoms in total. The molecule has 0 bridgehead atoms. The number of hydrogen-bond donors (Lipinski definition) is 1. The standard InChI is InChI=1S/C17H24N2O2.ClH/c20-17(15-6-9-18-12-15)19-10-7-16(8-11-19)21-13-14-4-2-1-3-5-14;/h1-5,15-16,18H,6-13H2;1H. The van der Waals surface area contributed by atoms with Crippen LogP contribution in [0.1, 0.15) is 24.8 Å². The van der Waals surface area contributed by atoms with E-state index in [1.807, 2.05) is 23.1 Å². The van der Waals surface area contributed by atoms with Gasteiger partial charge < -0.3 is 15.0 Å². The number of likely N-dealkylation sites (tertiary alicyclic amines) is 1. The van der Waals surface area contributed by atoms with E-state index < -0.39 is 0 Å². The number of nitrogens with zero attached hydrogens (tertiary/aromatic N) is 1. The Kier molecular flexibility index (Phi) is 6.68. The van der Waals surface area contributed by atoms with Gasteiger partial charge in [-0.15, -0.1) is 12.4 Å². The second-order valence-corrected chi connectivity index (χ2v) is 6.01. The third-order valence-corrected chi connectivity index (χ3v) is 4.49. The summed E-state index contributed by atoms with van der Waals surface area (Å²) < 4.78 is 5.97. The molecule has 0 radical (unpaired) electrons. The van der Waals surface area contributed by atoms with Crippen molar-refractivity contribution in [1.82, 2.24) is 10.2 Å². The molecule has 0 aromatic heterocycles. The van der Waals surface area contributed by atoms with Gasteiger partial charge in [-0.3, -0.25) is 4.79 Å². The molecule has 1 atom stereocenters. The number of amides is 1. The lowest BCUT2D eigenvalue weighted by Gasteiger charge is -2.33. The molecule has 1 N–H and O–H groups in total. The largest absolute Gasteiger partial charge is 0.373 e. The van der Waals surface area contributed by atoms with E-state index in [9.17, 15) is 4.79 Å². The normalized spacial score (nSPS) is 22.4. The van der Waals surface area contributed by atoms with Gasteiger partial charge in [0, 0.05) is 19.6 Å². The van der Waals surface area contributed by atoms with Crippen molar-refractivity contribution in [2.24, 2.45) is 5.92 Å². The average Bonchev–Trinajstić information content (AvgIpc) is 3.08. The third-order valence-electron chi connectivity index (χ3n) is 4.49. The van der Waals surface area contributed by atoms with Crippen molar-refractivity contribution in [3.63, 3.8) is 0 Å². The first-order chi connectivity index (χ1) is 10.3. The number of rotatable bonds is 4. The summed E-state index contributed by atoms with van der Waals surface area (Å²) in [6.45, 7) is 4.19. The summed E-state index contributed by atoms with van der Waals surface area (Å²) in [5.74, 6) is 0.535. The molecule has 3 rings (SSSR count). The fourth-order valence-electron chi connectivity index (χ4n) is 3.15. The molecule has 1 aromatic carbocycles. The molecule has 1 aromatic rings. The van der Waals surface area contributed by atoms with Crippen molar-refractivity contribution in [3.05, 3.63) is 35.9 Å². The van der Waals surface area contributed by atoms with E-state index in [0.29, 0.717) is 12.5 Å². The Morgan fingerprint density at radius 2 is 1.91 bits per heavy atom. The van der Waals surface area contributed by atoms with E-state index >= 15 is 0 Å². The van der Waals surface area contributed by atoms with E-state index in [-0.39, 0.29) is 24.4 Å². The highest BCUT2D eigenvalue weighted by Gasteiger charge is 2.30. The maximum atomic E-state index is 12.3. The van der Waals surface area contributed by atoms with Gasteiger partial charge in [-0.25, -0.2) is 0 Å². The first-order valence-corrected chi connectivity index (χ1v) is 7.98. The summed E-state index contributed by atoms with van der Waals surface area (Å²) in [5, 5.41) is 3.27. The zero-order chi connectivity index (χ0) is 14.5. The van der Waals surface area contributed by atoms with Gasteiger partial charge in [0.15, 0.2) is 0 Å². The van der Waals surface area contributed by atoms with E-state index in [0.717, 1.165) is 45.4 Å². The SMILES string of the molecule is Cl.O=C(C1CCNC1)N1CCC(OCc2ccccc2)CC1. The maximum absolute atomic E-state index is 12.3. The number of hydrogen-bond acceptors (Lipinski definition) is 3. The van der Waals surface area contributed by atoms with Crippen molar-refractivity contribution >= 4 is 18.3 Å². The minimum atomic E-state index is 0. The third kappa shape index (κ3) is 4.45. The van der Waals surface area contributed by atoms with Gasteiger partial charge in [-0.2, -0.15) is 0 Å². The summed E-state index contributed by atoms with van der Waals surface area (Å²) in [4.78, 5) is 14.4. The van der Waals surface area contributed by atoms with Gasteiger partial charge in [0.1, 0.15) is 0 Å². The van der Waals surface area contributed by atoms with Crippen molar-refractivity contribution in [2.75, 3.05) is 26.2 Å². The fraction of sp³-hybridized carbons (Fsp3) is 0.588. The second kappa shape index (κ2) is 8.51. The van der Waals surface area contributed by atoms with Gasteiger partial charge in [0.05, 0.1) is 18.6 Å². The lowest BCUT2D eigenvalue weighted by molar-refractivity contribution is -0.137. The molecular formula is C17H25ClN2O2. The number of carbonyl (C=O) groups is 1. The predicted octanol–water partition coefficient (Wildman–Crippen LogP) is 2.23. The first-order valence-electron chi connectivity index (χ1n) is 7.98. The Labute approximate surface area is 138 Å². The lowest BCUT2D eigenvalue weighted by Crippen LogP contribution is -2.44. The van der Waals surface area contributed by atoms with Gasteiger partial charge in [-0.1, -0.05) is 30.3 Å². The highest BCUT2D eigenvalue weighted by molar-refractivity contribution is 5.85. The summed E-state index contributed by atoms with van der Waals surface area (Å²) in [5.41, 5.74) is 1.22. The Morgan fingerprint density at radius 3 is 2.55 bits per heavy atom. The van der Waals surface area contributed by atoms with Crippen LogP contribution in [-0.4, -0.2) is 43.1 Å². The zero-order valence-electron chi connectivity index (χ0n) is 12.9. The monoisotopic (exact) mass is 324 g/mol. The van der Waals surface area contributed by atoms with Crippen molar-refractivity contribution < 1.29 is 9.53 Å². The molecule has 22 heavy (non-hydrogen) atoms. The van der Waals surface area contributed by atoms with E-state index in [2.05, 4.69) is 17.4 Å². The van der Waals surface area contributed by atoms with Crippen LogP contribution in [0.25, 0.3) is 0 Å². The Bertz CT molecular complexity index is 455. The van der Waals surface area contributed by atoms with Gasteiger partial charge in [0.2, 0.25) is 5.91 Å². The maximum Gasteiger partial charge on any atom is 0.227 e. The summed E-state index contributed by atoms with van der Waals surface area (Å²) >= 11 is 0. The molecule has 2 heterocycles. The van der Waals surface area contributed by atoms with Crippen LogP contribution < -0.4 is 5.32 Å². The molecule has 2 aliphatic heterocycles. The number of nitrogens with one attached hydrogen (secondary N) is 1. The van der Waals surface area contributed by atoms with Crippen LogP contribution in [0.5, 0.6) is 0 Å². The zero-order valence-corrected chi connectivity index (χ0v) is 13.7. The molecule has 5 heteroatoms. The van der Waals surface area contributed by atoms with Crippen molar-refractivity contribution in [2.45, 2.75) is 32.0 Å². The number of benzene rings is 1. The average molecular weight is 325 g/mol. The Hall–Kier alpha value is -1.10. The minimum Gasteiger partial charge on any atom is -0.373 e. The molecule has 0 aliphatic carbocycles. The van der Waals surface area contributed by atoms with Crippen molar-refractivity contribution in [1.29, 1.82) is 0 Å². The highest BCUT2D eigenvalue weighted by atomic mass is 35.5. The second-order valence-electron chi connectivity index (χ2n) is 6.01.